The molecule has 0 aliphatic rings. The topological polar surface area (TPSA) is 75.1 Å². The SMILES string of the molecule is O=C(Cc1c[nH]c2ccccc12)NCCc1csc2nncn12. The summed E-state index contributed by atoms with van der Waals surface area (Å²) >= 11 is 1.56. The van der Waals surface area contributed by atoms with Gasteiger partial charge in [-0.1, -0.05) is 18.2 Å². The van der Waals surface area contributed by atoms with Gasteiger partial charge >= 0.3 is 0 Å². The van der Waals surface area contributed by atoms with Gasteiger partial charge in [-0.2, -0.15) is 0 Å². The van der Waals surface area contributed by atoms with Gasteiger partial charge in [0.2, 0.25) is 10.9 Å². The number of nitrogens with zero attached hydrogens (tertiary/aromatic N) is 3. The Bertz CT molecular complexity index is 967. The number of carbonyl (C=O) groups excluding carboxylic acids is 1. The van der Waals surface area contributed by atoms with E-state index in [0.717, 1.165) is 33.5 Å². The van der Waals surface area contributed by atoms with Crippen LogP contribution in [0.15, 0.2) is 42.2 Å². The summed E-state index contributed by atoms with van der Waals surface area (Å²) in [5, 5.41) is 14.0. The molecule has 2 N–H and O–H groups in total. The van der Waals surface area contributed by atoms with Crippen LogP contribution in [0.25, 0.3) is 15.9 Å². The van der Waals surface area contributed by atoms with E-state index in [4.69, 9.17) is 0 Å². The predicted molar refractivity (Wildman–Crippen MR) is 89.6 cm³/mol. The van der Waals surface area contributed by atoms with Crippen molar-refractivity contribution in [3.8, 4) is 0 Å². The van der Waals surface area contributed by atoms with E-state index in [1.165, 1.54) is 0 Å². The lowest BCUT2D eigenvalue weighted by Gasteiger charge is -2.04. The number of amides is 1. The molecule has 0 aliphatic carbocycles. The summed E-state index contributed by atoms with van der Waals surface area (Å²) in [5.74, 6) is 0.0324. The van der Waals surface area contributed by atoms with Crippen molar-refractivity contribution in [2.45, 2.75) is 12.8 Å². The Morgan fingerprint density at radius 3 is 3.22 bits per heavy atom. The number of aromatic amines is 1. The summed E-state index contributed by atoms with van der Waals surface area (Å²) < 4.78 is 1.95. The van der Waals surface area contributed by atoms with Crippen LogP contribution >= 0.6 is 11.3 Å². The molecule has 0 saturated carbocycles. The fourth-order valence-corrected chi connectivity index (χ4v) is 3.55. The second kappa shape index (κ2) is 5.85. The van der Waals surface area contributed by atoms with E-state index in [-0.39, 0.29) is 5.91 Å². The van der Waals surface area contributed by atoms with E-state index >= 15 is 0 Å². The zero-order chi connectivity index (χ0) is 15.6. The normalized spacial score (nSPS) is 11.3. The highest BCUT2D eigenvalue weighted by atomic mass is 32.1. The summed E-state index contributed by atoms with van der Waals surface area (Å²) in [6, 6.07) is 8.01. The molecular formula is C16H15N5OS. The number of hydrogen-bond donors (Lipinski definition) is 2. The number of H-pyrrole nitrogens is 1. The van der Waals surface area contributed by atoms with Crippen LogP contribution < -0.4 is 5.32 Å². The molecule has 4 aromatic rings. The first-order valence-corrected chi connectivity index (χ1v) is 8.27. The molecule has 6 nitrogen and oxygen atoms in total. The van der Waals surface area contributed by atoms with Crippen LogP contribution in [0, 0.1) is 0 Å². The van der Waals surface area contributed by atoms with Gasteiger partial charge in [0.05, 0.1) is 6.42 Å². The Morgan fingerprint density at radius 2 is 2.26 bits per heavy atom. The lowest BCUT2D eigenvalue weighted by atomic mass is 10.1. The number of thiazole rings is 1. The number of carbonyl (C=O) groups is 1. The monoisotopic (exact) mass is 325 g/mol. The molecule has 4 rings (SSSR count). The van der Waals surface area contributed by atoms with Gasteiger partial charge in [-0.25, -0.2) is 0 Å². The Labute approximate surface area is 136 Å². The Kier molecular flexibility index (Phi) is 3.55. The molecule has 1 aromatic carbocycles. The van der Waals surface area contributed by atoms with Crippen molar-refractivity contribution in [1.82, 2.24) is 24.9 Å². The Hall–Kier alpha value is -2.67. The van der Waals surface area contributed by atoms with Gasteiger partial charge < -0.3 is 10.3 Å². The average Bonchev–Trinajstić information content (AvgIpc) is 3.25. The van der Waals surface area contributed by atoms with Gasteiger partial charge in [-0.3, -0.25) is 9.20 Å². The number of benzene rings is 1. The first kappa shape index (κ1) is 14.0. The van der Waals surface area contributed by atoms with Crippen LogP contribution in [0.3, 0.4) is 0 Å². The molecule has 0 saturated heterocycles. The molecule has 1 amide bonds. The van der Waals surface area contributed by atoms with Gasteiger partial charge in [0.1, 0.15) is 6.33 Å². The van der Waals surface area contributed by atoms with Crippen LogP contribution in [0.5, 0.6) is 0 Å². The summed E-state index contributed by atoms with van der Waals surface area (Å²) in [6.07, 6.45) is 4.76. The largest absolute Gasteiger partial charge is 0.361 e. The van der Waals surface area contributed by atoms with Crippen molar-refractivity contribution in [2.75, 3.05) is 6.54 Å². The van der Waals surface area contributed by atoms with Crippen molar-refractivity contribution >= 4 is 33.1 Å². The van der Waals surface area contributed by atoms with Crippen molar-refractivity contribution < 1.29 is 4.79 Å². The molecule has 3 aromatic heterocycles. The minimum atomic E-state index is 0.0324. The molecular weight excluding hydrogens is 310 g/mol. The van der Waals surface area contributed by atoms with Gasteiger partial charge in [0.15, 0.2) is 0 Å². The average molecular weight is 325 g/mol. The fourth-order valence-electron chi connectivity index (χ4n) is 2.70. The third kappa shape index (κ3) is 2.70. The van der Waals surface area contributed by atoms with Crippen LogP contribution in [0.4, 0.5) is 0 Å². The third-order valence-corrected chi connectivity index (χ3v) is 4.73. The molecule has 0 aliphatic heterocycles. The number of hydrogen-bond acceptors (Lipinski definition) is 4. The molecule has 0 atom stereocenters. The highest BCUT2D eigenvalue weighted by molar-refractivity contribution is 7.15. The molecule has 3 heterocycles. The molecule has 23 heavy (non-hydrogen) atoms. The second-order valence-corrected chi connectivity index (χ2v) is 6.18. The number of para-hydroxylation sites is 1. The highest BCUT2D eigenvalue weighted by Gasteiger charge is 2.09. The molecule has 0 spiro atoms. The van der Waals surface area contributed by atoms with Crippen LogP contribution in [-0.2, 0) is 17.6 Å². The van der Waals surface area contributed by atoms with Crippen molar-refractivity contribution in [3.05, 3.63) is 53.4 Å². The van der Waals surface area contributed by atoms with E-state index < -0.39 is 0 Å². The fraction of sp³-hybridized carbons (Fsp3) is 0.188. The molecule has 7 heteroatoms. The minimum Gasteiger partial charge on any atom is -0.361 e. The summed E-state index contributed by atoms with van der Waals surface area (Å²) in [5.41, 5.74) is 3.20. The number of nitrogens with one attached hydrogen (secondary N) is 2. The first-order valence-electron chi connectivity index (χ1n) is 7.39. The van der Waals surface area contributed by atoms with Gasteiger partial charge in [0.25, 0.3) is 0 Å². The van der Waals surface area contributed by atoms with E-state index in [1.807, 2.05) is 34.9 Å². The summed E-state index contributed by atoms with van der Waals surface area (Å²) in [4.78, 5) is 16.2. The van der Waals surface area contributed by atoms with Crippen molar-refractivity contribution in [3.63, 3.8) is 0 Å². The molecule has 116 valence electrons. The lowest BCUT2D eigenvalue weighted by molar-refractivity contribution is -0.120. The van der Waals surface area contributed by atoms with Gasteiger partial charge in [-0.05, 0) is 11.6 Å². The van der Waals surface area contributed by atoms with Crippen LogP contribution in [0.2, 0.25) is 0 Å². The van der Waals surface area contributed by atoms with E-state index in [1.54, 1.807) is 17.7 Å². The van der Waals surface area contributed by atoms with Gasteiger partial charge in [-0.15, -0.1) is 21.5 Å². The second-order valence-electron chi connectivity index (χ2n) is 5.35. The zero-order valence-corrected chi connectivity index (χ0v) is 13.1. The zero-order valence-electron chi connectivity index (χ0n) is 12.3. The number of rotatable bonds is 5. The smallest absolute Gasteiger partial charge is 0.224 e. The van der Waals surface area contributed by atoms with Crippen LogP contribution in [0.1, 0.15) is 11.3 Å². The first-order chi connectivity index (χ1) is 11.3. The third-order valence-electron chi connectivity index (χ3n) is 3.86. The lowest BCUT2D eigenvalue weighted by Crippen LogP contribution is -2.27. The van der Waals surface area contributed by atoms with Crippen molar-refractivity contribution in [1.29, 1.82) is 0 Å². The Morgan fingerprint density at radius 1 is 1.35 bits per heavy atom. The maximum Gasteiger partial charge on any atom is 0.224 e. The minimum absolute atomic E-state index is 0.0324. The van der Waals surface area contributed by atoms with Crippen molar-refractivity contribution in [2.24, 2.45) is 0 Å². The highest BCUT2D eigenvalue weighted by Crippen LogP contribution is 2.18. The van der Waals surface area contributed by atoms with E-state index in [0.29, 0.717) is 13.0 Å². The van der Waals surface area contributed by atoms with E-state index in [9.17, 15) is 4.79 Å². The molecule has 0 unspecified atom stereocenters. The van der Waals surface area contributed by atoms with E-state index in [2.05, 4.69) is 25.9 Å². The van der Waals surface area contributed by atoms with Gasteiger partial charge in [0, 0.05) is 41.1 Å². The Balaban J connectivity index is 1.36. The van der Waals surface area contributed by atoms with Crippen LogP contribution in [-0.4, -0.2) is 32.0 Å². The maximum absolute atomic E-state index is 12.1. The summed E-state index contributed by atoms with van der Waals surface area (Å²) in [7, 11) is 0. The molecule has 0 bridgehead atoms. The maximum atomic E-state index is 12.1. The standard InChI is InChI=1S/C16H15N5OS/c22-15(7-11-8-18-14-4-2-1-3-13(11)14)17-6-5-12-9-23-16-20-19-10-21(12)16/h1-4,8-10,18H,5-7H2,(H,17,22). The molecule has 0 radical (unpaired) electrons. The predicted octanol–water partition coefficient (Wildman–Crippen LogP) is 2.17. The summed E-state index contributed by atoms with van der Waals surface area (Å²) in [6.45, 7) is 0.602. The number of fused-ring (bicyclic) bond motifs is 2. The number of aromatic nitrogens is 4. The quantitative estimate of drug-likeness (QED) is 0.590. The molecule has 0 fully saturated rings.